The van der Waals surface area contributed by atoms with Gasteiger partial charge in [-0.25, -0.2) is 0 Å². The molecule has 0 radical (unpaired) electrons. The number of nitrogens with one attached hydrogen (secondary N) is 1. The van der Waals surface area contributed by atoms with Gasteiger partial charge in [0.15, 0.2) is 11.5 Å². The minimum Gasteiger partial charge on any atom is -0.493 e. The lowest BCUT2D eigenvalue weighted by atomic mass is 10.2. The summed E-state index contributed by atoms with van der Waals surface area (Å²) in [6, 6.07) is 8.53. The summed E-state index contributed by atoms with van der Waals surface area (Å²) in [5.41, 5.74) is 0.650. The quantitative estimate of drug-likeness (QED) is 0.838. The van der Waals surface area contributed by atoms with Gasteiger partial charge in [0.25, 0.3) is 0 Å². The van der Waals surface area contributed by atoms with Gasteiger partial charge in [-0.05, 0) is 36.8 Å². The number of hydrogen-bond donors (Lipinski definition) is 1. The zero-order chi connectivity index (χ0) is 16.8. The first-order valence-corrected chi connectivity index (χ1v) is 7.73. The van der Waals surface area contributed by atoms with E-state index in [4.69, 9.17) is 4.74 Å². The lowest BCUT2D eigenvalue weighted by Crippen LogP contribution is -2.24. The highest BCUT2D eigenvalue weighted by atomic mass is 32.1. The van der Waals surface area contributed by atoms with Crippen molar-refractivity contribution in [3.63, 3.8) is 0 Å². The molecule has 124 valence electrons. The molecule has 0 saturated carbocycles. The van der Waals surface area contributed by atoms with Gasteiger partial charge in [0.1, 0.15) is 0 Å². The van der Waals surface area contributed by atoms with Gasteiger partial charge in [0, 0.05) is 16.3 Å². The second-order valence-corrected chi connectivity index (χ2v) is 6.20. The van der Waals surface area contributed by atoms with Gasteiger partial charge in [-0.1, -0.05) is 6.07 Å². The molecule has 0 unspecified atom stereocenters. The summed E-state index contributed by atoms with van der Waals surface area (Å²) in [5.74, 6) is 0.0385. The number of methoxy groups -OCH3 is 1. The molecule has 0 saturated heterocycles. The molecule has 1 aromatic carbocycles. The Hall–Kier alpha value is -2.15. The molecule has 0 aliphatic heterocycles. The molecule has 1 amide bonds. The number of alkyl halides is 2. The molecule has 1 N–H and O–H groups in total. The minimum absolute atomic E-state index is 0.0527. The monoisotopic (exact) mass is 341 g/mol. The standard InChI is InChI=1S/C16H17F2NO3S/c1-10-3-5-12(23-10)8-15(20)19-9-11-4-6-13(21-2)14(7-11)22-16(17)18/h3-7,16H,8-9H2,1-2H3,(H,19,20). The Bertz CT molecular complexity index is 673. The van der Waals surface area contributed by atoms with Crippen LogP contribution >= 0.6 is 11.3 Å². The Morgan fingerprint density at radius 1 is 1.26 bits per heavy atom. The summed E-state index contributed by atoms with van der Waals surface area (Å²) >= 11 is 1.57. The maximum Gasteiger partial charge on any atom is 0.387 e. The largest absolute Gasteiger partial charge is 0.493 e. The number of halogens is 2. The molecule has 0 bridgehead atoms. The van der Waals surface area contributed by atoms with Gasteiger partial charge >= 0.3 is 6.61 Å². The summed E-state index contributed by atoms with van der Waals surface area (Å²) < 4.78 is 34.1. The van der Waals surface area contributed by atoms with Gasteiger partial charge in [0.05, 0.1) is 13.5 Å². The maximum absolute atomic E-state index is 12.4. The Morgan fingerprint density at radius 3 is 2.65 bits per heavy atom. The van der Waals surface area contributed by atoms with Gasteiger partial charge in [-0.15, -0.1) is 11.3 Å². The van der Waals surface area contributed by atoms with Crippen LogP contribution in [0.5, 0.6) is 11.5 Å². The normalized spacial score (nSPS) is 10.7. The van der Waals surface area contributed by atoms with Crippen LogP contribution in [0.4, 0.5) is 8.78 Å². The predicted molar refractivity (Wildman–Crippen MR) is 84.2 cm³/mol. The van der Waals surface area contributed by atoms with Crippen LogP contribution in [0.1, 0.15) is 15.3 Å². The summed E-state index contributed by atoms with van der Waals surface area (Å²) in [4.78, 5) is 14.0. The predicted octanol–water partition coefficient (Wildman–Crippen LogP) is 3.53. The van der Waals surface area contributed by atoms with E-state index in [1.54, 1.807) is 17.4 Å². The molecule has 4 nitrogen and oxygen atoms in total. The second kappa shape index (κ2) is 7.92. The molecule has 0 fully saturated rings. The van der Waals surface area contributed by atoms with Crippen molar-refractivity contribution in [1.29, 1.82) is 0 Å². The Morgan fingerprint density at radius 2 is 2.04 bits per heavy atom. The fourth-order valence-electron chi connectivity index (χ4n) is 2.02. The molecule has 0 spiro atoms. The molecule has 1 aromatic heterocycles. The van der Waals surface area contributed by atoms with Gasteiger partial charge in [-0.2, -0.15) is 8.78 Å². The third-order valence-corrected chi connectivity index (χ3v) is 4.07. The first kappa shape index (κ1) is 17.2. The summed E-state index contributed by atoms with van der Waals surface area (Å²) in [6.07, 6.45) is 0.301. The van der Waals surface area contributed by atoms with Crippen LogP contribution in [0, 0.1) is 6.92 Å². The Kier molecular flexibility index (Phi) is 5.92. The fourth-order valence-corrected chi connectivity index (χ4v) is 2.91. The van der Waals surface area contributed by atoms with E-state index in [0.29, 0.717) is 12.0 Å². The number of hydrogen-bond acceptors (Lipinski definition) is 4. The average Bonchev–Trinajstić information content (AvgIpc) is 2.90. The van der Waals surface area contributed by atoms with E-state index in [-0.39, 0.29) is 24.0 Å². The number of carbonyl (C=O) groups excluding carboxylic acids is 1. The molecule has 23 heavy (non-hydrogen) atoms. The van der Waals surface area contributed by atoms with Gasteiger partial charge < -0.3 is 14.8 Å². The van der Waals surface area contributed by atoms with Crippen LogP contribution in [0.25, 0.3) is 0 Å². The molecule has 0 aliphatic rings. The van der Waals surface area contributed by atoms with Crippen molar-refractivity contribution in [1.82, 2.24) is 5.32 Å². The van der Waals surface area contributed by atoms with Crippen molar-refractivity contribution >= 4 is 17.2 Å². The molecular weight excluding hydrogens is 324 g/mol. The third-order valence-electron chi connectivity index (χ3n) is 3.06. The van der Waals surface area contributed by atoms with Crippen LogP contribution < -0.4 is 14.8 Å². The van der Waals surface area contributed by atoms with Gasteiger partial charge in [0.2, 0.25) is 5.91 Å². The molecular formula is C16H17F2NO3S. The van der Waals surface area contributed by atoms with Crippen LogP contribution in [0.3, 0.4) is 0 Å². The first-order valence-electron chi connectivity index (χ1n) is 6.91. The van der Waals surface area contributed by atoms with Crippen LogP contribution in [-0.4, -0.2) is 19.6 Å². The van der Waals surface area contributed by atoms with Crippen molar-refractivity contribution in [3.8, 4) is 11.5 Å². The number of carbonyl (C=O) groups is 1. The molecule has 2 rings (SSSR count). The average molecular weight is 341 g/mol. The summed E-state index contributed by atoms with van der Waals surface area (Å²) in [7, 11) is 1.37. The van der Waals surface area contributed by atoms with Crippen LogP contribution in [-0.2, 0) is 17.8 Å². The summed E-state index contributed by atoms with van der Waals surface area (Å²) in [6.45, 7) is -0.725. The van der Waals surface area contributed by atoms with E-state index in [2.05, 4.69) is 10.1 Å². The summed E-state index contributed by atoms with van der Waals surface area (Å²) in [5, 5.41) is 2.76. The minimum atomic E-state index is -2.93. The highest BCUT2D eigenvalue weighted by Gasteiger charge is 2.12. The molecule has 7 heteroatoms. The first-order chi connectivity index (χ1) is 11.0. The lowest BCUT2D eigenvalue weighted by Gasteiger charge is -2.12. The molecule has 0 aliphatic carbocycles. The van der Waals surface area contributed by atoms with Crippen LogP contribution in [0.2, 0.25) is 0 Å². The van der Waals surface area contributed by atoms with E-state index in [1.165, 1.54) is 19.2 Å². The van der Waals surface area contributed by atoms with E-state index in [0.717, 1.165) is 9.75 Å². The maximum atomic E-state index is 12.4. The number of amides is 1. The highest BCUT2D eigenvalue weighted by Crippen LogP contribution is 2.29. The Labute approximate surface area is 137 Å². The van der Waals surface area contributed by atoms with Gasteiger partial charge in [-0.3, -0.25) is 4.79 Å². The number of ether oxygens (including phenoxy) is 2. The topological polar surface area (TPSA) is 47.6 Å². The SMILES string of the molecule is COc1ccc(CNC(=O)Cc2ccc(C)s2)cc1OC(F)F. The van der Waals surface area contributed by atoms with Crippen molar-refractivity contribution in [3.05, 3.63) is 45.6 Å². The Balaban J connectivity index is 1.95. The van der Waals surface area contributed by atoms with Crippen molar-refractivity contribution in [2.75, 3.05) is 7.11 Å². The van der Waals surface area contributed by atoms with E-state index < -0.39 is 6.61 Å². The zero-order valence-corrected chi connectivity index (χ0v) is 13.6. The van der Waals surface area contributed by atoms with E-state index in [1.807, 2.05) is 19.1 Å². The number of rotatable bonds is 7. The van der Waals surface area contributed by atoms with Crippen LogP contribution in [0.15, 0.2) is 30.3 Å². The van der Waals surface area contributed by atoms with Crippen molar-refractivity contribution < 1.29 is 23.0 Å². The highest BCUT2D eigenvalue weighted by molar-refractivity contribution is 7.12. The lowest BCUT2D eigenvalue weighted by molar-refractivity contribution is -0.120. The molecule has 0 atom stereocenters. The second-order valence-electron chi connectivity index (χ2n) is 4.83. The smallest absolute Gasteiger partial charge is 0.387 e. The van der Waals surface area contributed by atoms with Crippen molar-refractivity contribution in [2.45, 2.75) is 26.5 Å². The van der Waals surface area contributed by atoms with E-state index in [9.17, 15) is 13.6 Å². The number of aryl methyl sites for hydroxylation is 1. The molecule has 2 aromatic rings. The number of thiophene rings is 1. The molecule has 1 heterocycles. The number of benzene rings is 1. The van der Waals surface area contributed by atoms with Crippen molar-refractivity contribution in [2.24, 2.45) is 0 Å². The third kappa shape index (κ3) is 5.21. The zero-order valence-electron chi connectivity index (χ0n) is 12.8. The van der Waals surface area contributed by atoms with E-state index >= 15 is 0 Å². The fraction of sp³-hybridized carbons (Fsp3) is 0.312.